The van der Waals surface area contributed by atoms with Crippen molar-refractivity contribution >= 4 is 41.2 Å². The number of rotatable bonds is 10. The SMILES string of the molecule is CCN(CC)c1ccc(/C=N/NC(=O)CSc2nnc(-c3ccc(Cl)cc3)n2-c2ccccc2)cc1. The highest BCUT2D eigenvalue weighted by atomic mass is 35.5. The summed E-state index contributed by atoms with van der Waals surface area (Å²) >= 11 is 7.35. The summed E-state index contributed by atoms with van der Waals surface area (Å²) in [4.78, 5) is 14.7. The van der Waals surface area contributed by atoms with Gasteiger partial charge in [-0.3, -0.25) is 9.36 Å². The van der Waals surface area contributed by atoms with Crippen LogP contribution in [0.25, 0.3) is 17.1 Å². The Labute approximate surface area is 220 Å². The Hall–Kier alpha value is -3.62. The first-order chi connectivity index (χ1) is 17.6. The third-order valence-corrected chi connectivity index (χ3v) is 6.69. The predicted molar refractivity (Wildman–Crippen MR) is 148 cm³/mol. The number of nitrogens with zero attached hydrogens (tertiary/aromatic N) is 5. The lowest BCUT2D eigenvalue weighted by atomic mass is 10.2. The third-order valence-electron chi connectivity index (χ3n) is 5.51. The minimum Gasteiger partial charge on any atom is -0.372 e. The van der Waals surface area contributed by atoms with Gasteiger partial charge in [-0.2, -0.15) is 5.10 Å². The largest absolute Gasteiger partial charge is 0.372 e. The Morgan fingerprint density at radius 3 is 2.36 bits per heavy atom. The second-order valence-electron chi connectivity index (χ2n) is 7.83. The van der Waals surface area contributed by atoms with E-state index in [2.05, 4.69) is 51.6 Å². The number of halogens is 1. The van der Waals surface area contributed by atoms with Crippen LogP contribution in [0.2, 0.25) is 5.02 Å². The lowest BCUT2D eigenvalue weighted by molar-refractivity contribution is -0.118. The fraction of sp³-hybridized carbons (Fsp3) is 0.185. The number of thioether (sulfide) groups is 1. The van der Waals surface area contributed by atoms with E-state index in [0.29, 0.717) is 16.0 Å². The molecule has 7 nitrogen and oxygen atoms in total. The Morgan fingerprint density at radius 1 is 1.00 bits per heavy atom. The van der Waals surface area contributed by atoms with Crippen LogP contribution in [0.4, 0.5) is 5.69 Å². The molecule has 1 N–H and O–H groups in total. The molecule has 0 saturated heterocycles. The van der Waals surface area contributed by atoms with E-state index in [0.717, 1.165) is 35.6 Å². The molecule has 0 bridgehead atoms. The molecule has 0 radical (unpaired) electrons. The van der Waals surface area contributed by atoms with Gasteiger partial charge >= 0.3 is 0 Å². The summed E-state index contributed by atoms with van der Waals surface area (Å²) < 4.78 is 1.93. The highest BCUT2D eigenvalue weighted by Crippen LogP contribution is 2.28. The number of amides is 1. The second kappa shape index (κ2) is 12.4. The number of hydrazone groups is 1. The first kappa shape index (κ1) is 25.5. The molecule has 4 rings (SSSR count). The van der Waals surface area contributed by atoms with Gasteiger partial charge in [-0.05, 0) is 67.9 Å². The lowest BCUT2D eigenvalue weighted by Gasteiger charge is -2.20. The van der Waals surface area contributed by atoms with E-state index >= 15 is 0 Å². The van der Waals surface area contributed by atoms with Crippen molar-refractivity contribution in [3.8, 4) is 17.1 Å². The van der Waals surface area contributed by atoms with Crippen molar-refractivity contribution in [1.82, 2.24) is 20.2 Å². The van der Waals surface area contributed by atoms with Crippen LogP contribution < -0.4 is 10.3 Å². The van der Waals surface area contributed by atoms with E-state index in [1.54, 1.807) is 6.21 Å². The van der Waals surface area contributed by atoms with Gasteiger partial charge < -0.3 is 4.90 Å². The number of aromatic nitrogens is 3. The minimum atomic E-state index is -0.230. The quantitative estimate of drug-likeness (QED) is 0.166. The van der Waals surface area contributed by atoms with Crippen molar-refractivity contribution in [2.45, 2.75) is 19.0 Å². The highest BCUT2D eigenvalue weighted by molar-refractivity contribution is 7.99. The number of hydrogen-bond acceptors (Lipinski definition) is 6. The van der Waals surface area contributed by atoms with Crippen LogP contribution in [0.1, 0.15) is 19.4 Å². The van der Waals surface area contributed by atoms with Crippen molar-refractivity contribution in [3.63, 3.8) is 0 Å². The van der Waals surface area contributed by atoms with Crippen molar-refractivity contribution < 1.29 is 4.79 Å². The predicted octanol–water partition coefficient (Wildman–Crippen LogP) is 5.68. The molecule has 0 atom stereocenters. The first-order valence-electron chi connectivity index (χ1n) is 11.7. The van der Waals surface area contributed by atoms with Crippen LogP contribution in [-0.4, -0.2) is 45.7 Å². The van der Waals surface area contributed by atoms with Gasteiger partial charge in [0.2, 0.25) is 0 Å². The van der Waals surface area contributed by atoms with Crippen molar-refractivity contribution in [3.05, 3.63) is 89.4 Å². The summed E-state index contributed by atoms with van der Waals surface area (Å²) in [5.74, 6) is 0.586. The molecular formula is C27H27ClN6OS. The Balaban J connectivity index is 1.42. The summed E-state index contributed by atoms with van der Waals surface area (Å²) in [7, 11) is 0. The number of benzene rings is 3. The fourth-order valence-electron chi connectivity index (χ4n) is 3.66. The molecule has 0 aliphatic heterocycles. The molecule has 36 heavy (non-hydrogen) atoms. The summed E-state index contributed by atoms with van der Waals surface area (Å²) in [6.45, 7) is 6.17. The van der Waals surface area contributed by atoms with E-state index in [4.69, 9.17) is 11.6 Å². The zero-order valence-corrected chi connectivity index (χ0v) is 21.7. The van der Waals surface area contributed by atoms with Gasteiger partial charge in [0.15, 0.2) is 11.0 Å². The van der Waals surface area contributed by atoms with Gasteiger partial charge in [-0.15, -0.1) is 10.2 Å². The molecular weight excluding hydrogens is 492 g/mol. The molecule has 4 aromatic rings. The maximum atomic E-state index is 12.5. The lowest BCUT2D eigenvalue weighted by Crippen LogP contribution is -2.21. The van der Waals surface area contributed by atoms with Crippen LogP contribution in [0, 0.1) is 0 Å². The van der Waals surface area contributed by atoms with Crippen molar-refractivity contribution in [2.24, 2.45) is 5.10 Å². The van der Waals surface area contributed by atoms with Crippen LogP contribution in [-0.2, 0) is 4.79 Å². The summed E-state index contributed by atoms with van der Waals surface area (Å²) in [5.41, 5.74) is 6.45. The zero-order valence-electron chi connectivity index (χ0n) is 20.1. The number of hydrogen-bond donors (Lipinski definition) is 1. The van der Waals surface area contributed by atoms with Crippen LogP contribution in [0.3, 0.4) is 0 Å². The maximum absolute atomic E-state index is 12.5. The molecule has 9 heteroatoms. The van der Waals surface area contributed by atoms with Gasteiger partial charge in [0, 0.05) is 35.1 Å². The summed E-state index contributed by atoms with van der Waals surface area (Å²) in [5, 5.41) is 14.1. The van der Waals surface area contributed by atoms with Gasteiger partial charge in [0.05, 0.1) is 12.0 Å². The normalized spacial score (nSPS) is 11.1. The molecule has 184 valence electrons. The molecule has 1 aromatic heterocycles. The molecule has 0 aliphatic rings. The van der Waals surface area contributed by atoms with E-state index in [1.807, 2.05) is 71.3 Å². The molecule has 0 saturated carbocycles. The molecule has 1 amide bonds. The third kappa shape index (κ3) is 6.33. The highest BCUT2D eigenvalue weighted by Gasteiger charge is 2.17. The summed E-state index contributed by atoms with van der Waals surface area (Å²) in [6, 6.07) is 25.3. The van der Waals surface area contributed by atoms with E-state index in [1.165, 1.54) is 11.8 Å². The van der Waals surface area contributed by atoms with Gasteiger partial charge in [-0.1, -0.05) is 53.7 Å². The van der Waals surface area contributed by atoms with Gasteiger partial charge in [0.25, 0.3) is 5.91 Å². The Bertz CT molecular complexity index is 1300. The maximum Gasteiger partial charge on any atom is 0.250 e. The average molecular weight is 519 g/mol. The molecule has 1 heterocycles. The number of carbonyl (C=O) groups excluding carboxylic acids is 1. The van der Waals surface area contributed by atoms with Crippen LogP contribution in [0.5, 0.6) is 0 Å². The van der Waals surface area contributed by atoms with Crippen LogP contribution >= 0.6 is 23.4 Å². The number of nitrogens with one attached hydrogen (secondary N) is 1. The number of para-hydroxylation sites is 1. The molecule has 0 aliphatic carbocycles. The van der Waals surface area contributed by atoms with Crippen molar-refractivity contribution in [1.29, 1.82) is 0 Å². The average Bonchev–Trinajstić information content (AvgIpc) is 3.34. The smallest absolute Gasteiger partial charge is 0.250 e. The molecule has 0 unspecified atom stereocenters. The van der Waals surface area contributed by atoms with Crippen LogP contribution in [0.15, 0.2) is 89.1 Å². The van der Waals surface area contributed by atoms with Gasteiger partial charge in [-0.25, -0.2) is 5.43 Å². The van der Waals surface area contributed by atoms with E-state index in [9.17, 15) is 4.79 Å². The molecule has 0 fully saturated rings. The first-order valence-corrected chi connectivity index (χ1v) is 13.0. The molecule has 3 aromatic carbocycles. The fourth-order valence-corrected chi connectivity index (χ4v) is 4.53. The van der Waals surface area contributed by atoms with E-state index in [-0.39, 0.29) is 11.7 Å². The summed E-state index contributed by atoms with van der Waals surface area (Å²) in [6.07, 6.45) is 1.64. The molecule has 0 spiro atoms. The number of carbonyl (C=O) groups is 1. The number of anilines is 1. The van der Waals surface area contributed by atoms with Gasteiger partial charge in [0.1, 0.15) is 0 Å². The van der Waals surface area contributed by atoms with E-state index < -0.39 is 0 Å². The Morgan fingerprint density at radius 2 is 1.69 bits per heavy atom. The zero-order chi connectivity index (χ0) is 25.3. The standard InChI is InChI=1S/C27H27ClN6OS/c1-3-33(4-2)23-16-10-20(11-17-23)18-29-30-25(35)19-36-27-32-31-26(21-12-14-22(28)15-13-21)34(27)24-8-6-5-7-9-24/h5-18H,3-4,19H2,1-2H3,(H,30,35)/b29-18+. The monoisotopic (exact) mass is 518 g/mol. The van der Waals surface area contributed by atoms with Crippen molar-refractivity contribution in [2.75, 3.05) is 23.7 Å². The Kier molecular flexibility index (Phi) is 8.76. The minimum absolute atomic E-state index is 0.143. The topological polar surface area (TPSA) is 75.4 Å². The second-order valence-corrected chi connectivity index (χ2v) is 9.21.